The van der Waals surface area contributed by atoms with Crippen LogP contribution >= 0.6 is 11.8 Å². The summed E-state index contributed by atoms with van der Waals surface area (Å²) in [5, 5.41) is 0. The predicted octanol–water partition coefficient (Wildman–Crippen LogP) is 2.57. The number of hydrogen-bond acceptors (Lipinski definition) is 3. The van der Waals surface area contributed by atoms with E-state index in [-0.39, 0.29) is 10.3 Å². The van der Waals surface area contributed by atoms with Crippen LogP contribution in [0.3, 0.4) is 0 Å². The molecule has 0 aliphatic carbocycles. The average Bonchev–Trinajstić information content (AvgIpc) is 2.14. The van der Waals surface area contributed by atoms with Crippen molar-refractivity contribution in [3.05, 3.63) is 0 Å². The number of carbonyl (C=O) groups is 1. The smallest absolute Gasteiger partial charge is 0.149 e. The lowest BCUT2D eigenvalue weighted by atomic mass is 9.90. The summed E-state index contributed by atoms with van der Waals surface area (Å²) >= 11 is 2.01. The highest BCUT2D eigenvalue weighted by atomic mass is 32.2. The molecule has 88 valence electrons. The molecule has 15 heavy (non-hydrogen) atoms. The molecule has 1 fully saturated rings. The Morgan fingerprint density at radius 2 is 2.13 bits per heavy atom. The zero-order chi connectivity index (χ0) is 11.7. The van der Waals surface area contributed by atoms with Gasteiger partial charge in [-0.15, -0.1) is 0 Å². The van der Waals surface area contributed by atoms with Crippen LogP contribution in [0.1, 0.15) is 41.0 Å². The summed E-state index contributed by atoms with van der Waals surface area (Å²) < 4.78 is 0.282. The number of nitrogens with zero attached hydrogens (tertiary/aromatic N) is 1. The lowest BCUT2D eigenvalue weighted by Crippen LogP contribution is -2.57. The topological polar surface area (TPSA) is 20.3 Å². The summed E-state index contributed by atoms with van der Waals surface area (Å²) in [4.78, 5) is 14.1. The molecule has 2 nitrogen and oxygen atoms in total. The lowest BCUT2D eigenvalue weighted by molar-refractivity contribution is -0.128. The molecule has 0 aromatic heterocycles. The first-order valence-electron chi connectivity index (χ1n) is 5.72. The molecule has 0 amide bonds. The monoisotopic (exact) mass is 229 g/mol. The van der Waals surface area contributed by atoms with Gasteiger partial charge < -0.3 is 0 Å². The zero-order valence-electron chi connectivity index (χ0n) is 10.6. The van der Waals surface area contributed by atoms with E-state index in [4.69, 9.17) is 0 Å². The molecule has 3 heteroatoms. The van der Waals surface area contributed by atoms with Gasteiger partial charge in [0.15, 0.2) is 0 Å². The number of carbonyl (C=O) groups excluding carboxylic acids is 1. The molecule has 1 atom stereocenters. The van der Waals surface area contributed by atoms with Crippen LogP contribution < -0.4 is 0 Å². The van der Waals surface area contributed by atoms with Crippen LogP contribution in [0.4, 0.5) is 0 Å². The standard InChI is InChI=1S/C12H23NOS/c1-6-12(5,10(2)14)13-7-8-15-11(3,4)9-13/h6-9H2,1-5H3. The maximum absolute atomic E-state index is 11.8. The fourth-order valence-corrected chi connectivity index (χ4v) is 3.24. The largest absolute Gasteiger partial charge is 0.298 e. The summed E-state index contributed by atoms with van der Waals surface area (Å²) in [6.07, 6.45) is 0.906. The summed E-state index contributed by atoms with van der Waals surface area (Å²) in [5.74, 6) is 1.43. The van der Waals surface area contributed by atoms with Crippen molar-refractivity contribution in [2.24, 2.45) is 0 Å². The number of Topliss-reactive ketones (excluding diaryl/α,β-unsaturated/α-hetero) is 1. The van der Waals surface area contributed by atoms with E-state index in [0.29, 0.717) is 5.78 Å². The normalized spacial score (nSPS) is 25.9. The second kappa shape index (κ2) is 4.46. The van der Waals surface area contributed by atoms with E-state index in [9.17, 15) is 4.79 Å². The van der Waals surface area contributed by atoms with Gasteiger partial charge in [-0.3, -0.25) is 9.69 Å². The lowest BCUT2D eigenvalue weighted by Gasteiger charge is -2.46. The Morgan fingerprint density at radius 3 is 2.53 bits per heavy atom. The fraction of sp³-hybridized carbons (Fsp3) is 0.917. The SMILES string of the molecule is CCC(C)(C(C)=O)N1CCSC(C)(C)C1. The summed E-state index contributed by atoms with van der Waals surface area (Å²) in [7, 11) is 0. The highest BCUT2D eigenvalue weighted by molar-refractivity contribution is 8.00. The molecule has 0 spiro atoms. The van der Waals surface area contributed by atoms with Crippen molar-refractivity contribution in [3.8, 4) is 0 Å². The van der Waals surface area contributed by atoms with Crippen LogP contribution in [0.5, 0.6) is 0 Å². The number of hydrogen-bond donors (Lipinski definition) is 0. The molecule has 1 rings (SSSR count). The van der Waals surface area contributed by atoms with Crippen molar-refractivity contribution in [2.75, 3.05) is 18.8 Å². The molecule has 0 bridgehead atoms. The second-order valence-electron chi connectivity index (χ2n) is 5.21. The van der Waals surface area contributed by atoms with Crippen molar-refractivity contribution in [2.45, 2.75) is 51.3 Å². The van der Waals surface area contributed by atoms with Gasteiger partial charge in [0, 0.05) is 23.6 Å². The van der Waals surface area contributed by atoms with Crippen LogP contribution in [-0.2, 0) is 4.79 Å². The van der Waals surface area contributed by atoms with Crippen molar-refractivity contribution >= 4 is 17.5 Å². The molecule has 1 aliphatic heterocycles. The average molecular weight is 229 g/mol. The van der Waals surface area contributed by atoms with E-state index in [1.807, 2.05) is 11.8 Å². The second-order valence-corrected chi connectivity index (χ2v) is 7.02. The highest BCUT2D eigenvalue weighted by Gasteiger charge is 2.39. The van der Waals surface area contributed by atoms with Crippen molar-refractivity contribution in [1.82, 2.24) is 4.90 Å². The highest BCUT2D eigenvalue weighted by Crippen LogP contribution is 2.34. The summed E-state index contributed by atoms with van der Waals surface area (Å²) in [6, 6.07) is 0. The third-order valence-electron chi connectivity index (χ3n) is 3.57. The molecule has 1 unspecified atom stereocenters. The van der Waals surface area contributed by atoms with Crippen LogP contribution in [0.2, 0.25) is 0 Å². The fourth-order valence-electron chi connectivity index (χ4n) is 2.13. The Morgan fingerprint density at radius 1 is 1.53 bits per heavy atom. The van der Waals surface area contributed by atoms with Crippen molar-refractivity contribution in [1.29, 1.82) is 0 Å². The van der Waals surface area contributed by atoms with Crippen LogP contribution in [0.15, 0.2) is 0 Å². The molecule has 0 saturated carbocycles. The molecule has 0 aromatic carbocycles. The molecule has 1 heterocycles. The minimum atomic E-state index is -0.252. The van der Waals surface area contributed by atoms with Crippen LogP contribution in [0.25, 0.3) is 0 Å². The Bertz CT molecular complexity index is 252. The van der Waals surface area contributed by atoms with Crippen LogP contribution in [0, 0.1) is 0 Å². The van der Waals surface area contributed by atoms with E-state index < -0.39 is 0 Å². The van der Waals surface area contributed by atoms with Gasteiger partial charge in [-0.05, 0) is 34.1 Å². The minimum absolute atomic E-state index is 0.252. The molecule has 0 N–H and O–H groups in total. The van der Waals surface area contributed by atoms with Gasteiger partial charge in [-0.2, -0.15) is 11.8 Å². The summed E-state index contributed by atoms with van der Waals surface area (Å²) in [6.45, 7) is 12.5. The van der Waals surface area contributed by atoms with Gasteiger partial charge in [0.1, 0.15) is 5.78 Å². The first kappa shape index (κ1) is 13.0. The zero-order valence-corrected chi connectivity index (χ0v) is 11.4. The first-order valence-corrected chi connectivity index (χ1v) is 6.70. The van der Waals surface area contributed by atoms with E-state index in [0.717, 1.165) is 25.3 Å². The quantitative estimate of drug-likeness (QED) is 0.742. The molecule has 1 aliphatic rings. The molecular weight excluding hydrogens is 206 g/mol. The van der Waals surface area contributed by atoms with Gasteiger partial charge in [-0.1, -0.05) is 6.92 Å². The maximum atomic E-state index is 11.8. The third-order valence-corrected chi connectivity index (χ3v) is 4.87. The van der Waals surface area contributed by atoms with Gasteiger partial charge in [0.05, 0.1) is 5.54 Å². The van der Waals surface area contributed by atoms with Gasteiger partial charge in [0.25, 0.3) is 0 Å². The van der Waals surface area contributed by atoms with Crippen LogP contribution in [-0.4, -0.2) is 39.8 Å². The molecule has 0 radical (unpaired) electrons. The van der Waals surface area contributed by atoms with Gasteiger partial charge in [0.2, 0.25) is 0 Å². The number of rotatable bonds is 3. The first-order chi connectivity index (χ1) is 6.82. The van der Waals surface area contributed by atoms with E-state index >= 15 is 0 Å². The Labute approximate surface area is 97.8 Å². The summed E-state index contributed by atoms with van der Waals surface area (Å²) in [5.41, 5.74) is -0.252. The number of ketones is 1. The van der Waals surface area contributed by atoms with Gasteiger partial charge in [-0.25, -0.2) is 0 Å². The van der Waals surface area contributed by atoms with E-state index in [1.54, 1.807) is 6.92 Å². The Kier molecular flexibility index (Phi) is 3.88. The predicted molar refractivity (Wildman–Crippen MR) is 67.5 cm³/mol. The van der Waals surface area contributed by atoms with E-state index in [2.05, 4.69) is 32.6 Å². The third kappa shape index (κ3) is 2.76. The van der Waals surface area contributed by atoms with Crippen molar-refractivity contribution in [3.63, 3.8) is 0 Å². The minimum Gasteiger partial charge on any atom is -0.298 e. The van der Waals surface area contributed by atoms with Gasteiger partial charge >= 0.3 is 0 Å². The Balaban J connectivity index is 2.81. The molecular formula is C12H23NOS. The molecule has 0 aromatic rings. The molecule has 1 saturated heterocycles. The maximum Gasteiger partial charge on any atom is 0.149 e. The van der Waals surface area contributed by atoms with Crippen molar-refractivity contribution < 1.29 is 4.79 Å². The number of thioether (sulfide) groups is 1. The Hall–Kier alpha value is -0.0200. The van der Waals surface area contributed by atoms with E-state index in [1.165, 1.54) is 0 Å².